The zero-order chi connectivity index (χ0) is 17.8. The number of carboxylic acid groups (broad SMARTS) is 1. The summed E-state index contributed by atoms with van der Waals surface area (Å²) in [5.41, 5.74) is 1.16. The summed E-state index contributed by atoms with van der Waals surface area (Å²) < 4.78 is 0. The van der Waals surface area contributed by atoms with E-state index < -0.39 is 17.4 Å². The fraction of sp³-hybridized carbons (Fsp3) is 0.389. The second-order valence-corrected chi connectivity index (χ2v) is 7.85. The highest BCUT2D eigenvalue weighted by Crippen LogP contribution is 2.49. The number of rotatable bonds is 4. The van der Waals surface area contributed by atoms with Gasteiger partial charge in [0.05, 0.1) is 5.41 Å². The second-order valence-electron chi connectivity index (χ2n) is 6.74. The van der Waals surface area contributed by atoms with E-state index in [2.05, 4.69) is 5.32 Å². The van der Waals surface area contributed by atoms with Crippen LogP contribution >= 0.6 is 11.8 Å². The lowest BCUT2D eigenvalue weighted by Crippen LogP contribution is -2.71. The van der Waals surface area contributed by atoms with Crippen molar-refractivity contribution in [2.24, 2.45) is 0 Å². The van der Waals surface area contributed by atoms with Gasteiger partial charge in [-0.3, -0.25) is 14.5 Å². The number of β-lactam (4-membered cyclic amide) rings is 1. The van der Waals surface area contributed by atoms with Gasteiger partial charge in [-0.15, -0.1) is 11.8 Å². The molecule has 1 aliphatic carbocycles. The van der Waals surface area contributed by atoms with Crippen molar-refractivity contribution in [1.29, 1.82) is 0 Å². The van der Waals surface area contributed by atoms with Gasteiger partial charge in [0.1, 0.15) is 17.1 Å². The number of aliphatic carboxylic acids is 1. The monoisotopic (exact) mass is 358 g/mol. The van der Waals surface area contributed by atoms with Gasteiger partial charge in [0.25, 0.3) is 5.91 Å². The number of hydrogen-bond acceptors (Lipinski definition) is 4. The summed E-state index contributed by atoms with van der Waals surface area (Å²) in [5.74, 6) is -1.03. The standard InChI is InChI=1S/C18H18N2O4S/c1-10-9-25-15-12(14(21)20(15)13(10)16(22)23)19-17(24)18(7-8-18)11-5-3-2-4-6-11/h2-6,12,15H,7-9H2,1H3,(H,19,24)(H,22,23)/t12-,15+/m0/s1. The molecule has 130 valence electrons. The Morgan fingerprint density at radius 2 is 1.96 bits per heavy atom. The van der Waals surface area contributed by atoms with Crippen LogP contribution in [0.2, 0.25) is 0 Å². The van der Waals surface area contributed by atoms with Crippen molar-refractivity contribution < 1.29 is 19.5 Å². The normalized spacial score (nSPS) is 26.6. The molecule has 6 nitrogen and oxygen atoms in total. The topological polar surface area (TPSA) is 86.7 Å². The van der Waals surface area contributed by atoms with Gasteiger partial charge in [-0.05, 0) is 30.9 Å². The van der Waals surface area contributed by atoms with Gasteiger partial charge in [-0.2, -0.15) is 0 Å². The minimum Gasteiger partial charge on any atom is -0.477 e. The molecule has 0 aromatic heterocycles. The van der Waals surface area contributed by atoms with Crippen molar-refractivity contribution in [1.82, 2.24) is 10.2 Å². The van der Waals surface area contributed by atoms with Crippen LogP contribution < -0.4 is 5.32 Å². The lowest BCUT2D eigenvalue weighted by Gasteiger charge is -2.49. The van der Waals surface area contributed by atoms with E-state index in [0.717, 1.165) is 18.4 Å². The van der Waals surface area contributed by atoms with Gasteiger partial charge in [-0.25, -0.2) is 4.79 Å². The highest BCUT2D eigenvalue weighted by atomic mass is 32.2. The molecule has 2 atom stereocenters. The number of hydrogen-bond donors (Lipinski definition) is 2. The molecule has 7 heteroatoms. The molecular formula is C18H18N2O4S. The van der Waals surface area contributed by atoms with E-state index in [9.17, 15) is 19.5 Å². The summed E-state index contributed by atoms with van der Waals surface area (Å²) in [6.45, 7) is 1.72. The third-order valence-electron chi connectivity index (χ3n) is 5.16. The Labute approximate surface area is 149 Å². The number of nitrogens with one attached hydrogen (secondary N) is 1. The highest BCUT2D eigenvalue weighted by Gasteiger charge is 2.57. The molecule has 2 heterocycles. The number of carbonyl (C=O) groups is 3. The summed E-state index contributed by atoms with van der Waals surface area (Å²) in [6, 6.07) is 8.94. The predicted octanol–water partition coefficient (Wildman–Crippen LogP) is 1.48. The molecule has 2 N–H and O–H groups in total. The molecule has 4 rings (SSSR count). The highest BCUT2D eigenvalue weighted by molar-refractivity contribution is 8.00. The van der Waals surface area contributed by atoms with Crippen molar-refractivity contribution in [3.8, 4) is 0 Å². The Bertz CT molecular complexity index is 801. The van der Waals surface area contributed by atoms with E-state index >= 15 is 0 Å². The lowest BCUT2D eigenvalue weighted by molar-refractivity contribution is -0.151. The number of carboxylic acids is 1. The van der Waals surface area contributed by atoms with Crippen LogP contribution in [0.25, 0.3) is 0 Å². The number of benzene rings is 1. The van der Waals surface area contributed by atoms with Crippen LogP contribution in [0.3, 0.4) is 0 Å². The third-order valence-corrected chi connectivity index (χ3v) is 6.58. The smallest absolute Gasteiger partial charge is 0.352 e. The van der Waals surface area contributed by atoms with Crippen LogP contribution in [0.1, 0.15) is 25.3 Å². The minimum absolute atomic E-state index is 0.0587. The molecule has 0 bridgehead atoms. The van der Waals surface area contributed by atoms with Crippen molar-refractivity contribution in [3.05, 3.63) is 47.2 Å². The van der Waals surface area contributed by atoms with Gasteiger partial charge in [0.15, 0.2) is 0 Å². The predicted molar refractivity (Wildman–Crippen MR) is 92.7 cm³/mol. The summed E-state index contributed by atoms with van der Waals surface area (Å²) >= 11 is 1.49. The van der Waals surface area contributed by atoms with Gasteiger partial charge >= 0.3 is 5.97 Å². The Balaban J connectivity index is 1.51. The number of thioether (sulfide) groups is 1. The van der Waals surface area contributed by atoms with Crippen molar-refractivity contribution in [3.63, 3.8) is 0 Å². The van der Waals surface area contributed by atoms with E-state index in [4.69, 9.17) is 0 Å². The molecule has 1 aromatic rings. The van der Waals surface area contributed by atoms with Crippen LogP contribution in [-0.4, -0.2) is 45.0 Å². The molecule has 1 saturated heterocycles. The van der Waals surface area contributed by atoms with E-state index in [0.29, 0.717) is 11.3 Å². The Hall–Kier alpha value is -2.28. The molecule has 0 unspecified atom stereocenters. The molecule has 0 radical (unpaired) electrons. The largest absolute Gasteiger partial charge is 0.477 e. The maximum atomic E-state index is 12.8. The Morgan fingerprint density at radius 3 is 2.56 bits per heavy atom. The number of carbonyl (C=O) groups excluding carboxylic acids is 2. The van der Waals surface area contributed by atoms with Crippen LogP contribution in [0.15, 0.2) is 41.6 Å². The maximum Gasteiger partial charge on any atom is 0.352 e. The zero-order valence-electron chi connectivity index (χ0n) is 13.7. The van der Waals surface area contributed by atoms with E-state index in [1.54, 1.807) is 6.92 Å². The lowest BCUT2D eigenvalue weighted by atomic mass is 9.93. The van der Waals surface area contributed by atoms with Crippen molar-refractivity contribution in [2.45, 2.75) is 36.6 Å². The summed E-state index contributed by atoms with van der Waals surface area (Å²) in [4.78, 5) is 38.0. The number of amides is 2. The molecule has 1 saturated carbocycles. The first-order chi connectivity index (χ1) is 12.0. The summed E-state index contributed by atoms with van der Waals surface area (Å²) in [7, 11) is 0. The van der Waals surface area contributed by atoms with E-state index in [1.165, 1.54) is 16.7 Å². The first kappa shape index (κ1) is 16.2. The molecule has 2 aliphatic heterocycles. The molecule has 2 fully saturated rings. The van der Waals surface area contributed by atoms with Crippen LogP contribution in [0, 0.1) is 0 Å². The minimum atomic E-state index is -1.09. The number of fused-ring (bicyclic) bond motifs is 1. The van der Waals surface area contributed by atoms with Gasteiger partial charge in [0.2, 0.25) is 5.91 Å². The average Bonchev–Trinajstić information content (AvgIpc) is 3.41. The van der Waals surface area contributed by atoms with Crippen molar-refractivity contribution >= 4 is 29.5 Å². The Morgan fingerprint density at radius 1 is 1.28 bits per heavy atom. The van der Waals surface area contributed by atoms with Crippen LogP contribution in [0.4, 0.5) is 0 Å². The maximum absolute atomic E-state index is 12.8. The van der Waals surface area contributed by atoms with Gasteiger partial charge in [-0.1, -0.05) is 30.3 Å². The Kier molecular flexibility index (Phi) is 3.64. The van der Waals surface area contributed by atoms with Gasteiger partial charge < -0.3 is 10.4 Å². The quantitative estimate of drug-likeness (QED) is 0.796. The molecule has 3 aliphatic rings. The second kappa shape index (κ2) is 5.62. The van der Waals surface area contributed by atoms with E-state index in [1.807, 2.05) is 30.3 Å². The van der Waals surface area contributed by atoms with Gasteiger partial charge in [0, 0.05) is 5.75 Å². The van der Waals surface area contributed by atoms with E-state index in [-0.39, 0.29) is 22.9 Å². The molecule has 1 aromatic carbocycles. The fourth-order valence-corrected chi connectivity index (χ4v) is 4.88. The van der Waals surface area contributed by atoms with Crippen LogP contribution in [0.5, 0.6) is 0 Å². The first-order valence-electron chi connectivity index (χ1n) is 8.20. The SMILES string of the molecule is CC1=C(C(=O)O)N2C(=O)[C@H](NC(=O)C3(c4ccccc4)CC3)[C@H]2SC1. The molecule has 25 heavy (non-hydrogen) atoms. The molecule has 2 amide bonds. The third kappa shape index (κ3) is 2.37. The molecule has 0 spiro atoms. The average molecular weight is 358 g/mol. The first-order valence-corrected chi connectivity index (χ1v) is 9.25. The summed E-state index contributed by atoms with van der Waals surface area (Å²) in [5, 5.41) is 11.9. The zero-order valence-corrected chi connectivity index (χ0v) is 14.5. The summed E-state index contributed by atoms with van der Waals surface area (Å²) in [6.07, 6.45) is 1.54. The van der Waals surface area contributed by atoms with Crippen LogP contribution in [-0.2, 0) is 19.8 Å². The fourth-order valence-electron chi connectivity index (χ4n) is 3.58. The number of nitrogens with zero attached hydrogens (tertiary/aromatic N) is 1. The van der Waals surface area contributed by atoms with Crippen molar-refractivity contribution in [2.75, 3.05) is 5.75 Å². The molecular weight excluding hydrogens is 340 g/mol.